The van der Waals surface area contributed by atoms with Crippen molar-refractivity contribution >= 4 is 13.8 Å². The Bertz CT molecular complexity index is 1070. The topological polar surface area (TPSA) is 132 Å². The van der Waals surface area contributed by atoms with E-state index in [4.69, 9.17) is 23.6 Å². The third-order valence-corrected chi connectivity index (χ3v) is 9.34. The zero-order valence-electron chi connectivity index (χ0n) is 33.9. The molecule has 3 atom stereocenters. The number of aliphatic hydroxyl groups excluding tert-OH is 2. The van der Waals surface area contributed by atoms with E-state index < -0.39 is 45.8 Å². The van der Waals surface area contributed by atoms with Crippen LogP contribution in [0.25, 0.3) is 0 Å². The fraction of sp³-hybridized carbons (Fsp3) is 0.705. The van der Waals surface area contributed by atoms with Gasteiger partial charge in [0, 0.05) is 13.0 Å². The van der Waals surface area contributed by atoms with Crippen molar-refractivity contribution in [2.24, 2.45) is 0 Å². The first kappa shape index (κ1) is 51.9. The maximum absolute atomic E-state index is 12.6. The van der Waals surface area contributed by atoms with E-state index in [0.29, 0.717) is 13.0 Å². The van der Waals surface area contributed by atoms with Crippen molar-refractivity contribution in [2.75, 3.05) is 33.0 Å². The quantitative estimate of drug-likeness (QED) is 0.0241. The number of rotatable bonds is 39. The first-order chi connectivity index (χ1) is 26.3. The van der Waals surface area contributed by atoms with E-state index in [-0.39, 0.29) is 13.0 Å². The molecule has 0 saturated carbocycles. The van der Waals surface area contributed by atoms with Crippen LogP contribution in [0.3, 0.4) is 0 Å². The number of carbonyl (C=O) groups is 1. The summed E-state index contributed by atoms with van der Waals surface area (Å²) in [5.41, 5.74) is 0. The van der Waals surface area contributed by atoms with Gasteiger partial charge in [-0.1, -0.05) is 145 Å². The maximum Gasteiger partial charge on any atom is 0.472 e. The third-order valence-electron chi connectivity index (χ3n) is 8.39. The van der Waals surface area contributed by atoms with Crippen molar-refractivity contribution in [1.29, 1.82) is 0 Å². The predicted octanol–water partition coefficient (Wildman–Crippen LogP) is 11.4. The Kier molecular flexibility index (Phi) is 39.0. The molecule has 10 heteroatoms. The van der Waals surface area contributed by atoms with Gasteiger partial charge in [-0.25, -0.2) is 4.57 Å². The second-order valence-electron chi connectivity index (χ2n) is 13.6. The van der Waals surface area contributed by atoms with Crippen LogP contribution in [0.1, 0.15) is 155 Å². The van der Waals surface area contributed by atoms with E-state index in [2.05, 4.69) is 86.8 Å². The lowest BCUT2D eigenvalue weighted by Crippen LogP contribution is -2.29. The smallest absolute Gasteiger partial charge is 0.457 e. The molecule has 0 saturated heterocycles. The van der Waals surface area contributed by atoms with Crippen LogP contribution in [-0.4, -0.2) is 66.3 Å². The molecular weight excluding hydrogens is 703 g/mol. The number of phosphoric acid groups is 1. The highest BCUT2D eigenvalue weighted by molar-refractivity contribution is 7.47. The molecule has 0 aliphatic carbocycles. The average Bonchev–Trinajstić information content (AvgIpc) is 3.16. The normalized spacial score (nSPS) is 14.8. The van der Waals surface area contributed by atoms with Crippen LogP contribution in [-0.2, 0) is 27.9 Å². The zero-order chi connectivity index (χ0) is 39.6. The summed E-state index contributed by atoms with van der Waals surface area (Å²) < 4.78 is 33.3. The van der Waals surface area contributed by atoms with Crippen molar-refractivity contribution in [3.8, 4) is 0 Å². The molecule has 0 aliphatic heterocycles. The standard InChI is InChI=1S/C44H77O9P/c1-3-5-7-9-11-13-15-17-19-20-21-23-25-27-29-31-33-35-37-50-40-43(41-52-54(48,49)51-39-42(46)38-45)53-44(47)36-34-32-30-28-26-24-22-18-16-14-12-10-8-6-4-2/h5-8,11-14,17-19,22,42-43,45-46H,3-4,9-10,15-16,20-21,23-41H2,1-2H3,(H,48,49)/b7-5-,8-6-,13-11-,14-12-,19-17-,22-18-. The molecule has 0 spiro atoms. The van der Waals surface area contributed by atoms with Crippen LogP contribution in [0.2, 0.25) is 0 Å². The number of carbonyl (C=O) groups excluding carboxylic acids is 1. The number of hydrogen-bond acceptors (Lipinski definition) is 8. The zero-order valence-corrected chi connectivity index (χ0v) is 34.8. The molecule has 0 rings (SSSR count). The summed E-state index contributed by atoms with van der Waals surface area (Å²) in [5, 5.41) is 18.3. The number of aliphatic hydroxyl groups is 2. The van der Waals surface area contributed by atoms with Crippen molar-refractivity contribution in [3.63, 3.8) is 0 Å². The molecule has 0 aromatic rings. The number of unbranched alkanes of at least 4 members (excludes halogenated alkanes) is 13. The molecule has 0 amide bonds. The Morgan fingerprint density at radius 2 is 1.00 bits per heavy atom. The molecule has 0 heterocycles. The largest absolute Gasteiger partial charge is 0.472 e. The lowest BCUT2D eigenvalue weighted by atomic mass is 10.1. The van der Waals surface area contributed by atoms with Crippen LogP contribution < -0.4 is 0 Å². The Balaban J connectivity index is 4.23. The third kappa shape index (κ3) is 39.6. The van der Waals surface area contributed by atoms with Gasteiger partial charge < -0.3 is 24.6 Å². The van der Waals surface area contributed by atoms with Gasteiger partial charge in [-0.15, -0.1) is 0 Å². The minimum atomic E-state index is -4.53. The highest BCUT2D eigenvalue weighted by Crippen LogP contribution is 2.43. The van der Waals surface area contributed by atoms with E-state index in [1.54, 1.807) is 0 Å². The fourth-order valence-corrected chi connectivity index (χ4v) is 6.05. The molecule has 0 bridgehead atoms. The monoisotopic (exact) mass is 781 g/mol. The molecular formula is C44H77O9P. The second-order valence-corrected chi connectivity index (χ2v) is 15.0. The van der Waals surface area contributed by atoms with Crippen LogP contribution in [0, 0.1) is 0 Å². The number of ether oxygens (including phenoxy) is 2. The van der Waals surface area contributed by atoms with Gasteiger partial charge in [-0.05, 0) is 77.0 Å². The number of allylic oxidation sites excluding steroid dienone is 12. The van der Waals surface area contributed by atoms with E-state index in [0.717, 1.165) is 96.3 Å². The highest BCUT2D eigenvalue weighted by Gasteiger charge is 2.26. The van der Waals surface area contributed by atoms with Gasteiger partial charge in [0.25, 0.3) is 0 Å². The minimum absolute atomic E-state index is 0.0330. The lowest BCUT2D eigenvalue weighted by Gasteiger charge is -2.20. The van der Waals surface area contributed by atoms with Crippen LogP contribution in [0.5, 0.6) is 0 Å². The summed E-state index contributed by atoms with van der Waals surface area (Å²) in [6, 6.07) is 0. The van der Waals surface area contributed by atoms with Gasteiger partial charge in [-0.2, -0.15) is 0 Å². The van der Waals surface area contributed by atoms with Crippen molar-refractivity contribution in [1.82, 2.24) is 0 Å². The molecule has 0 fully saturated rings. The highest BCUT2D eigenvalue weighted by atomic mass is 31.2. The maximum atomic E-state index is 12.6. The molecule has 3 N–H and O–H groups in total. The summed E-state index contributed by atoms with van der Waals surface area (Å²) in [7, 11) is -4.53. The first-order valence-electron chi connectivity index (χ1n) is 20.9. The summed E-state index contributed by atoms with van der Waals surface area (Å²) in [4.78, 5) is 22.5. The molecule has 0 radical (unpaired) electrons. The Labute approximate surface area is 329 Å². The first-order valence-corrected chi connectivity index (χ1v) is 22.4. The van der Waals surface area contributed by atoms with Gasteiger partial charge in [0.1, 0.15) is 12.2 Å². The molecule has 9 nitrogen and oxygen atoms in total. The van der Waals surface area contributed by atoms with Gasteiger partial charge >= 0.3 is 13.8 Å². The molecule has 0 aromatic carbocycles. The summed E-state index contributed by atoms with van der Waals surface area (Å²) in [6.07, 6.45) is 47.1. The number of phosphoric ester groups is 1. The molecule has 312 valence electrons. The van der Waals surface area contributed by atoms with Crippen molar-refractivity contribution in [2.45, 2.75) is 167 Å². The van der Waals surface area contributed by atoms with Crippen molar-refractivity contribution in [3.05, 3.63) is 72.9 Å². The molecule has 3 unspecified atom stereocenters. The minimum Gasteiger partial charge on any atom is -0.457 e. The van der Waals surface area contributed by atoms with E-state index in [1.807, 2.05) is 0 Å². The van der Waals surface area contributed by atoms with Gasteiger partial charge in [0.15, 0.2) is 0 Å². The molecule has 0 aromatic heterocycles. The number of esters is 1. The average molecular weight is 781 g/mol. The molecule has 54 heavy (non-hydrogen) atoms. The van der Waals surface area contributed by atoms with Gasteiger partial charge in [-0.3, -0.25) is 13.8 Å². The van der Waals surface area contributed by atoms with Crippen LogP contribution in [0.4, 0.5) is 0 Å². The van der Waals surface area contributed by atoms with Gasteiger partial charge in [0.05, 0.1) is 26.4 Å². The van der Waals surface area contributed by atoms with Gasteiger partial charge in [0.2, 0.25) is 0 Å². The fourth-order valence-electron chi connectivity index (χ4n) is 5.27. The van der Waals surface area contributed by atoms with Crippen LogP contribution in [0.15, 0.2) is 72.9 Å². The van der Waals surface area contributed by atoms with Crippen LogP contribution >= 0.6 is 7.82 Å². The molecule has 0 aliphatic rings. The Hall–Kier alpha value is -2.10. The summed E-state index contributed by atoms with van der Waals surface area (Å²) >= 11 is 0. The summed E-state index contributed by atoms with van der Waals surface area (Å²) in [6.45, 7) is 3.24. The van der Waals surface area contributed by atoms with E-state index >= 15 is 0 Å². The summed E-state index contributed by atoms with van der Waals surface area (Å²) in [5.74, 6) is -0.406. The van der Waals surface area contributed by atoms with E-state index in [9.17, 15) is 19.4 Å². The number of hydrogen-bond donors (Lipinski definition) is 3. The SMILES string of the molecule is CC/C=C\C/C=C\C/C=C\CCCCCCCCCCOCC(COP(=O)(O)OCC(O)CO)OC(=O)CCCCCCC/C=C\C/C=C\C/C=C\CC. The lowest BCUT2D eigenvalue weighted by molar-refractivity contribution is -0.154. The second kappa shape index (κ2) is 40.6. The van der Waals surface area contributed by atoms with E-state index in [1.165, 1.54) is 32.1 Å². The Morgan fingerprint density at radius 1 is 0.574 bits per heavy atom. The predicted molar refractivity (Wildman–Crippen MR) is 223 cm³/mol. The Morgan fingerprint density at radius 3 is 1.50 bits per heavy atom. The van der Waals surface area contributed by atoms with Crippen molar-refractivity contribution < 1.29 is 43.0 Å².